The SMILES string of the molecule is CC1C=C(CO)C=CC1c1c(-c2ccc(C#N)c(F)c2)nc(N2CCC(N(C)C)CC2)c(=O)n1C. The number of allylic oxidation sites excluding steroid dienone is 2. The molecule has 4 rings (SSSR count). The lowest BCUT2D eigenvalue weighted by atomic mass is 9.83. The first-order chi connectivity index (χ1) is 16.7. The molecule has 1 N–H and O–H groups in total. The number of nitrogens with zero attached hydrogens (tertiary/aromatic N) is 5. The number of halogens is 1. The van der Waals surface area contributed by atoms with Crippen LogP contribution in [0.3, 0.4) is 0 Å². The molecular formula is C27H32FN5O2. The fourth-order valence-electron chi connectivity index (χ4n) is 5.12. The maximum atomic E-state index is 14.7. The van der Waals surface area contributed by atoms with Crippen LogP contribution in [0.25, 0.3) is 11.3 Å². The lowest BCUT2D eigenvalue weighted by Gasteiger charge is -2.36. The molecule has 0 bridgehead atoms. The quantitative estimate of drug-likeness (QED) is 0.712. The maximum Gasteiger partial charge on any atom is 0.293 e. The first-order valence-corrected chi connectivity index (χ1v) is 12.0. The molecule has 0 radical (unpaired) electrons. The fourth-order valence-corrected chi connectivity index (χ4v) is 5.12. The van der Waals surface area contributed by atoms with Crippen molar-refractivity contribution in [1.29, 1.82) is 5.26 Å². The van der Waals surface area contributed by atoms with Crippen LogP contribution >= 0.6 is 0 Å². The predicted molar refractivity (Wildman–Crippen MR) is 135 cm³/mol. The smallest absolute Gasteiger partial charge is 0.293 e. The van der Waals surface area contributed by atoms with E-state index in [-0.39, 0.29) is 29.6 Å². The second-order valence-electron chi connectivity index (χ2n) is 9.67. The zero-order valence-corrected chi connectivity index (χ0v) is 20.7. The minimum Gasteiger partial charge on any atom is -0.392 e. The molecule has 2 unspecified atom stereocenters. The molecule has 1 aliphatic heterocycles. The Labute approximate surface area is 205 Å². The van der Waals surface area contributed by atoms with Gasteiger partial charge in [-0.1, -0.05) is 31.2 Å². The normalized spacial score (nSPS) is 20.7. The Kier molecular flexibility index (Phi) is 7.20. The average Bonchev–Trinajstić information content (AvgIpc) is 2.86. The van der Waals surface area contributed by atoms with Crippen LogP contribution < -0.4 is 10.5 Å². The molecule has 184 valence electrons. The molecule has 1 aliphatic carbocycles. The number of hydrogen-bond acceptors (Lipinski definition) is 6. The summed E-state index contributed by atoms with van der Waals surface area (Å²) in [7, 11) is 5.88. The summed E-state index contributed by atoms with van der Waals surface area (Å²) in [5.74, 6) is -0.433. The van der Waals surface area contributed by atoms with E-state index >= 15 is 0 Å². The van der Waals surface area contributed by atoms with Gasteiger partial charge in [-0.3, -0.25) is 4.79 Å². The number of nitriles is 1. The summed E-state index contributed by atoms with van der Waals surface area (Å²) in [4.78, 5) is 22.7. The van der Waals surface area contributed by atoms with Crippen molar-refractivity contribution >= 4 is 5.82 Å². The van der Waals surface area contributed by atoms with Gasteiger partial charge in [0.2, 0.25) is 0 Å². The number of aliphatic hydroxyl groups is 1. The summed E-state index contributed by atoms with van der Waals surface area (Å²) in [6.45, 7) is 3.40. The van der Waals surface area contributed by atoms with Gasteiger partial charge in [-0.25, -0.2) is 9.37 Å². The molecule has 1 saturated heterocycles. The first kappa shape index (κ1) is 24.8. The van der Waals surface area contributed by atoms with Crippen molar-refractivity contribution in [3.63, 3.8) is 0 Å². The zero-order valence-electron chi connectivity index (χ0n) is 20.7. The lowest BCUT2D eigenvalue weighted by molar-refractivity contribution is 0.249. The number of aromatic nitrogens is 2. The van der Waals surface area contributed by atoms with Gasteiger partial charge < -0.3 is 19.5 Å². The minimum absolute atomic E-state index is 0.00165. The summed E-state index contributed by atoms with van der Waals surface area (Å²) in [5, 5.41) is 18.7. The number of hydrogen-bond donors (Lipinski definition) is 1. The fraction of sp³-hybridized carbons (Fsp3) is 0.444. The molecular weight excluding hydrogens is 445 g/mol. The van der Waals surface area contributed by atoms with E-state index in [0.717, 1.165) is 18.4 Å². The summed E-state index contributed by atoms with van der Waals surface area (Å²) in [6, 6.07) is 6.78. The molecule has 0 saturated carbocycles. The highest BCUT2D eigenvalue weighted by Gasteiger charge is 2.30. The van der Waals surface area contributed by atoms with Crippen molar-refractivity contribution in [2.75, 3.05) is 38.7 Å². The highest BCUT2D eigenvalue weighted by molar-refractivity contribution is 5.66. The third-order valence-electron chi connectivity index (χ3n) is 7.23. The standard InChI is InChI=1S/C27H32FN5O2/c1-17-13-18(16-34)5-8-22(17)25-24(19-6-7-20(15-29)23(28)14-19)30-26(27(35)32(25)4)33-11-9-21(10-12-33)31(2)3/h5-8,13-14,17,21-22,34H,9-12,16H2,1-4H3. The van der Waals surface area contributed by atoms with Crippen molar-refractivity contribution in [3.8, 4) is 17.3 Å². The topological polar surface area (TPSA) is 85.4 Å². The van der Waals surface area contributed by atoms with E-state index in [9.17, 15) is 19.6 Å². The number of rotatable bonds is 5. The third kappa shape index (κ3) is 4.79. The Morgan fingerprint density at radius 2 is 2.00 bits per heavy atom. The van der Waals surface area contributed by atoms with Gasteiger partial charge in [0.15, 0.2) is 5.82 Å². The molecule has 0 amide bonds. The summed E-state index contributed by atoms with van der Waals surface area (Å²) in [5.41, 5.74) is 2.34. The molecule has 1 aromatic carbocycles. The summed E-state index contributed by atoms with van der Waals surface area (Å²) >= 11 is 0. The monoisotopic (exact) mass is 477 g/mol. The van der Waals surface area contributed by atoms with Crippen molar-refractivity contribution < 1.29 is 9.50 Å². The van der Waals surface area contributed by atoms with Crippen LogP contribution in [0.4, 0.5) is 10.2 Å². The van der Waals surface area contributed by atoms with Crippen LogP contribution in [-0.2, 0) is 7.05 Å². The summed E-state index contributed by atoms with van der Waals surface area (Å²) in [6.07, 6.45) is 7.67. The third-order valence-corrected chi connectivity index (χ3v) is 7.23. The van der Waals surface area contributed by atoms with Crippen LogP contribution in [0.1, 0.15) is 36.9 Å². The lowest BCUT2D eigenvalue weighted by Crippen LogP contribution is -2.45. The van der Waals surface area contributed by atoms with Gasteiger partial charge in [-0.2, -0.15) is 5.26 Å². The molecule has 7 nitrogen and oxygen atoms in total. The van der Waals surface area contributed by atoms with Gasteiger partial charge in [0.1, 0.15) is 11.9 Å². The molecule has 2 atom stereocenters. The highest BCUT2D eigenvalue weighted by Crippen LogP contribution is 2.37. The largest absolute Gasteiger partial charge is 0.392 e. The van der Waals surface area contributed by atoms with Crippen LogP contribution in [-0.4, -0.2) is 59.4 Å². The molecule has 1 aromatic heterocycles. The first-order valence-electron chi connectivity index (χ1n) is 12.0. The van der Waals surface area contributed by atoms with Gasteiger partial charge in [0, 0.05) is 37.7 Å². The molecule has 8 heteroatoms. The molecule has 2 aromatic rings. The average molecular weight is 478 g/mol. The van der Waals surface area contributed by atoms with Crippen molar-refractivity contribution in [3.05, 3.63) is 69.4 Å². The van der Waals surface area contributed by atoms with E-state index < -0.39 is 5.82 Å². The van der Waals surface area contributed by atoms with E-state index in [1.54, 1.807) is 17.7 Å². The Morgan fingerprint density at radius 1 is 1.29 bits per heavy atom. The molecule has 1 fully saturated rings. The molecule has 2 heterocycles. The Morgan fingerprint density at radius 3 is 2.57 bits per heavy atom. The van der Waals surface area contributed by atoms with Crippen molar-refractivity contribution in [2.24, 2.45) is 13.0 Å². The van der Waals surface area contributed by atoms with Gasteiger partial charge in [0.25, 0.3) is 5.56 Å². The van der Waals surface area contributed by atoms with Crippen LogP contribution in [0.5, 0.6) is 0 Å². The van der Waals surface area contributed by atoms with Crippen molar-refractivity contribution in [2.45, 2.75) is 31.7 Å². The number of aliphatic hydroxyl groups excluding tert-OH is 1. The van der Waals surface area contributed by atoms with Crippen LogP contribution in [0.2, 0.25) is 0 Å². The second kappa shape index (κ2) is 10.1. The Bertz CT molecular complexity index is 1270. The molecule has 2 aliphatic rings. The number of piperidine rings is 1. The van der Waals surface area contributed by atoms with E-state index in [1.165, 1.54) is 12.1 Å². The molecule has 35 heavy (non-hydrogen) atoms. The van der Waals surface area contributed by atoms with E-state index in [4.69, 9.17) is 4.98 Å². The van der Waals surface area contributed by atoms with E-state index in [2.05, 4.69) is 19.0 Å². The van der Waals surface area contributed by atoms with Gasteiger partial charge in [-0.15, -0.1) is 0 Å². The predicted octanol–water partition coefficient (Wildman–Crippen LogP) is 3.20. The summed E-state index contributed by atoms with van der Waals surface area (Å²) < 4.78 is 16.3. The van der Waals surface area contributed by atoms with Crippen LogP contribution in [0, 0.1) is 23.1 Å². The highest BCUT2D eigenvalue weighted by atomic mass is 19.1. The van der Waals surface area contributed by atoms with Crippen LogP contribution in [0.15, 0.2) is 46.8 Å². The second-order valence-corrected chi connectivity index (χ2v) is 9.67. The number of benzene rings is 1. The maximum absolute atomic E-state index is 14.7. The van der Waals surface area contributed by atoms with Gasteiger partial charge in [-0.05, 0) is 50.6 Å². The Balaban J connectivity index is 1.85. The Hall–Kier alpha value is -3.28. The zero-order chi connectivity index (χ0) is 25.3. The van der Waals surface area contributed by atoms with E-state index in [0.29, 0.717) is 41.9 Å². The molecule has 0 spiro atoms. The van der Waals surface area contributed by atoms with Gasteiger partial charge >= 0.3 is 0 Å². The number of anilines is 1. The van der Waals surface area contributed by atoms with E-state index in [1.807, 2.05) is 36.1 Å². The minimum atomic E-state index is -0.616. The van der Waals surface area contributed by atoms with Crippen molar-refractivity contribution in [1.82, 2.24) is 14.5 Å². The van der Waals surface area contributed by atoms with Gasteiger partial charge in [0.05, 0.1) is 23.6 Å².